The molecule has 4 heterocycles. The van der Waals surface area contributed by atoms with Crippen molar-refractivity contribution in [1.29, 1.82) is 0 Å². The molecule has 4 aromatic rings. The molecule has 0 spiro atoms. The zero-order valence-corrected chi connectivity index (χ0v) is 22.4. The van der Waals surface area contributed by atoms with Crippen LogP contribution in [-0.2, 0) is 36.1 Å². The number of alkyl halides is 3. The molecular formula is C26H23F4N7O3S. The minimum Gasteiger partial charge on any atom is -0.292 e. The third-order valence-electron chi connectivity index (χ3n) is 7.99. The molecular weight excluding hydrogens is 566 g/mol. The van der Waals surface area contributed by atoms with Gasteiger partial charge in [0.15, 0.2) is 10.8 Å². The predicted molar refractivity (Wildman–Crippen MR) is 135 cm³/mol. The van der Waals surface area contributed by atoms with Gasteiger partial charge >= 0.3 is 6.18 Å². The van der Waals surface area contributed by atoms with Crippen molar-refractivity contribution in [3.63, 3.8) is 0 Å². The Balaban J connectivity index is 1.45. The van der Waals surface area contributed by atoms with Crippen LogP contribution in [0.4, 0.5) is 17.6 Å². The highest BCUT2D eigenvalue weighted by atomic mass is 32.2. The van der Waals surface area contributed by atoms with E-state index in [0.29, 0.717) is 23.7 Å². The van der Waals surface area contributed by atoms with Crippen LogP contribution in [0.2, 0.25) is 0 Å². The number of carbonyl (C=O) groups is 1. The zero-order chi connectivity index (χ0) is 29.2. The standard InChI is InChI=1S/C26H23F4N7O3S/c1-35-23(14-32-34-35)41(39,40)36-9-7-17-11-22-16(13-33-37(22)20-4-2-19(27)3-5-20)12-25(17,15-36)24(38)21-10-18(6-8-31-21)26(28,29)30/h2-6,8,10,13-14,17H,7,9,11-12,15H2,1H3. The minimum atomic E-state index is -4.69. The van der Waals surface area contributed by atoms with Crippen LogP contribution >= 0.6 is 0 Å². The summed E-state index contributed by atoms with van der Waals surface area (Å²) in [4.78, 5) is 18.2. The highest BCUT2D eigenvalue weighted by Crippen LogP contribution is 2.48. The van der Waals surface area contributed by atoms with Crippen molar-refractivity contribution >= 4 is 15.8 Å². The lowest BCUT2D eigenvalue weighted by Gasteiger charge is -2.49. The van der Waals surface area contributed by atoms with E-state index in [0.717, 1.165) is 28.8 Å². The van der Waals surface area contributed by atoms with Crippen LogP contribution in [0.3, 0.4) is 0 Å². The molecule has 2 aliphatic rings. The van der Waals surface area contributed by atoms with E-state index >= 15 is 0 Å². The monoisotopic (exact) mass is 589 g/mol. The molecule has 214 valence electrons. The summed E-state index contributed by atoms with van der Waals surface area (Å²) in [6.07, 6.45) is -0.513. The fourth-order valence-corrected chi connectivity index (χ4v) is 7.48. The summed E-state index contributed by atoms with van der Waals surface area (Å²) in [5, 5.41) is 11.6. The number of hydrogen-bond donors (Lipinski definition) is 0. The first-order valence-electron chi connectivity index (χ1n) is 12.6. The number of aryl methyl sites for hydroxylation is 1. The first kappa shape index (κ1) is 27.2. The number of aromatic nitrogens is 6. The van der Waals surface area contributed by atoms with E-state index in [-0.39, 0.29) is 36.7 Å². The molecule has 15 heteroatoms. The van der Waals surface area contributed by atoms with Crippen molar-refractivity contribution < 1.29 is 30.8 Å². The van der Waals surface area contributed by atoms with Gasteiger partial charge in [0.1, 0.15) is 11.5 Å². The normalized spacial score (nSPS) is 21.3. The Morgan fingerprint density at radius 3 is 2.56 bits per heavy atom. The molecule has 0 saturated carbocycles. The lowest BCUT2D eigenvalue weighted by atomic mass is 9.60. The Morgan fingerprint density at radius 1 is 1.12 bits per heavy atom. The maximum absolute atomic E-state index is 14.2. The zero-order valence-electron chi connectivity index (χ0n) is 21.6. The summed E-state index contributed by atoms with van der Waals surface area (Å²) in [5.41, 5.74) is -0.805. The first-order chi connectivity index (χ1) is 19.4. The Hall–Kier alpha value is -3.98. The van der Waals surface area contributed by atoms with Gasteiger partial charge in [0.25, 0.3) is 10.0 Å². The summed E-state index contributed by atoms with van der Waals surface area (Å²) in [6, 6.07) is 7.24. The maximum atomic E-state index is 14.2. The Morgan fingerprint density at radius 2 is 1.88 bits per heavy atom. The highest BCUT2D eigenvalue weighted by Gasteiger charge is 2.55. The van der Waals surface area contributed by atoms with E-state index in [2.05, 4.69) is 20.4 Å². The molecule has 41 heavy (non-hydrogen) atoms. The average molecular weight is 590 g/mol. The predicted octanol–water partition coefficient (Wildman–Crippen LogP) is 3.23. The van der Waals surface area contributed by atoms with Gasteiger partial charge in [-0.25, -0.2) is 22.2 Å². The topological polar surface area (TPSA) is 116 Å². The van der Waals surface area contributed by atoms with Gasteiger partial charge in [0.2, 0.25) is 0 Å². The molecule has 0 N–H and O–H groups in total. The van der Waals surface area contributed by atoms with E-state index in [1.54, 1.807) is 23.0 Å². The number of sulfonamides is 1. The average Bonchev–Trinajstić information content (AvgIpc) is 3.57. The smallest absolute Gasteiger partial charge is 0.292 e. The number of carbonyl (C=O) groups excluding carboxylic acids is 1. The van der Waals surface area contributed by atoms with Crippen molar-refractivity contribution in [2.45, 2.75) is 30.5 Å². The molecule has 2 unspecified atom stereocenters. The van der Waals surface area contributed by atoms with Crippen molar-refractivity contribution in [2.75, 3.05) is 13.1 Å². The third-order valence-corrected chi connectivity index (χ3v) is 9.88. The van der Waals surface area contributed by atoms with Crippen LogP contribution in [0.5, 0.6) is 0 Å². The number of benzene rings is 1. The van der Waals surface area contributed by atoms with E-state index in [1.807, 2.05) is 0 Å². The van der Waals surface area contributed by atoms with Crippen LogP contribution in [0, 0.1) is 17.2 Å². The minimum absolute atomic E-state index is 0.0284. The second kappa shape index (κ2) is 9.55. The second-order valence-corrected chi connectivity index (χ2v) is 12.2. The van der Waals surface area contributed by atoms with Crippen LogP contribution in [0.25, 0.3) is 5.69 Å². The first-order valence-corrected chi connectivity index (χ1v) is 14.1. The van der Waals surface area contributed by atoms with Gasteiger partial charge in [-0.2, -0.15) is 22.6 Å². The molecule has 1 aliphatic carbocycles. The van der Waals surface area contributed by atoms with Gasteiger partial charge < -0.3 is 0 Å². The van der Waals surface area contributed by atoms with E-state index in [9.17, 15) is 30.8 Å². The Labute approximate surface area is 231 Å². The lowest BCUT2D eigenvalue weighted by molar-refractivity contribution is -0.137. The van der Waals surface area contributed by atoms with E-state index in [1.165, 1.54) is 23.5 Å². The highest BCUT2D eigenvalue weighted by molar-refractivity contribution is 7.89. The van der Waals surface area contributed by atoms with Crippen LogP contribution in [0.1, 0.15) is 33.7 Å². The molecule has 1 saturated heterocycles. The number of pyridine rings is 1. The largest absolute Gasteiger partial charge is 0.416 e. The van der Waals surface area contributed by atoms with Crippen LogP contribution < -0.4 is 0 Å². The number of rotatable bonds is 5. The second-order valence-electron chi connectivity index (χ2n) is 10.3. The van der Waals surface area contributed by atoms with Gasteiger partial charge in [-0.05, 0) is 67.1 Å². The van der Waals surface area contributed by atoms with Crippen LogP contribution in [0.15, 0.2) is 60.0 Å². The number of piperidine rings is 1. The number of ketones is 1. The van der Waals surface area contributed by atoms with Gasteiger partial charge in [-0.3, -0.25) is 9.78 Å². The van der Waals surface area contributed by atoms with Crippen molar-refractivity contribution in [2.24, 2.45) is 18.4 Å². The molecule has 3 aromatic heterocycles. The van der Waals surface area contributed by atoms with Crippen molar-refractivity contribution in [1.82, 2.24) is 34.1 Å². The molecule has 1 fully saturated rings. The molecule has 0 amide bonds. The van der Waals surface area contributed by atoms with Gasteiger partial charge in [-0.15, -0.1) is 5.10 Å². The Bertz CT molecular complexity index is 1750. The fourth-order valence-electron chi connectivity index (χ4n) is 5.92. The summed E-state index contributed by atoms with van der Waals surface area (Å²) < 4.78 is 85.2. The summed E-state index contributed by atoms with van der Waals surface area (Å²) in [6.45, 7) is -0.202. The number of Topliss-reactive ketones (excluding diaryl/α,β-unsaturated/α-hetero) is 1. The molecule has 1 aromatic carbocycles. The SMILES string of the molecule is Cn1nncc1S(=O)(=O)N1CCC2Cc3c(cnn3-c3ccc(F)cc3)CC2(C(=O)c2cc(C(F)(F)F)ccn2)C1. The quantitative estimate of drug-likeness (QED) is 0.259. The van der Waals surface area contributed by atoms with Gasteiger partial charge in [-0.1, -0.05) is 5.21 Å². The maximum Gasteiger partial charge on any atom is 0.416 e. The fraction of sp³-hybridized carbons (Fsp3) is 0.346. The summed E-state index contributed by atoms with van der Waals surface area (Å²) in [7, 11) is -2.71. The number of nitrogens with zero attached hydrogens (tertiary/aromatic N) is 7. The van der Waals surface area contributed by atoms with Crippen molar-refractivity contribution in [3.05, 3.63) is 83.3 Å². The van der Waals surface area contributed by atoms with Crippen molar-refractivity contribution in [3.8, 4) is 5.69 Å². The molecule has 10 nitrogen and oxygen atoms in total. The number of hydrogen-bond acceptors (Lipinski definition) is 7. The summed E-state index contributed by atoms with van der Waals surface area (Å²) in [5.74, 6) is -1.52. The molecule has 0 bridgehead atoms. The number of halogens is 4. The third kappa shape index (κ3) is 4.52. The van der Waals surface area contributed by atoms with Gasteiger partial charge in [0, 0.05) is 32.0 Å². The number of fused-ring (bicyclic) bond motifs is 2. The Kier molecular flexibility index (Phi) is 6.33. The van der Waals surface area contributed by atoms with E-state index in [4.69, 9.17) is 0 Å². The lowest BCUT2D eigenvalue weighted by Crippen LogP contribution is -2.58. The van der Waals surface area contributed by atoms with Crippen LogP contribution in [-0.4, -0.2) is 61.4 Å². The van der Waals surface area contributed by atoms with E-state index < -0.39 is 44.7 Å². The molecule has 0 radical (unpaired) electrons. The molecule has 6 rings (SSSR count). The summed E-state index contributed by atoms with van der Waals surface area (Å²) >= 11 is 0. The van der Waals surface area contributed by atoms with Gasteiger partial charge in [0.05, 0.1) is 29.1 Å². The molecule has 2 atom stereocenters. The molecule has 1 aliphatic heterocycles.